The number of rotatable bonds is 4. The van der Waals surface area contributed by atoms with E-state index in [2.05, 4.69) is 9.72 Å². The predicted octanol–water partition coefficient (Wildman–Crippen LogP) is 3.33. The van der Waals surface area contributed by atoms with E-state index in [-0.39, 0.29) is 5.75 Å². The van der Waals surface area contributed by atoms with Gasteiger partial charge in [-0.3, -0.25) is 4.98 Å². The lowest BCUT2D eigenvalue weighted by Gasteiger charge is -2.12. The number of alkyl halides is 3. The van der Waals surface area contributed by atoms with E-state index in [4.69, 9.17) is 5.73 Å². The quantitative estimate of drug-likeness (QED) is 0.936. The number of ether oxygens (including phenoxy) is 1. The Morgan fingerprint density at radius 1 is 1.25 bits per heavy atom. The molecule has 2 N–H and O–H groups in total. The van der Waals surface area contributed by atoms with E-state index >= 15 is 0 Å². The molecule has 0 bridgehead atoms. The molecule has 108 valence electrons. The van der Waals surface area contributed by atoms with Crippen LogP contribution in [0.15, 0.2) is 24.3 Å². The largest absolute Gasteiger partial charge is 0.573 e. The van der Waals surface area contributed by atoms with E-state index in [1.807, 2.05) is 13.0 Å². The molecule has 0 atom stereocenters. The second kappa shape index (κ2) is 5.66. The number of halogens is 3. The van der Waals surface area contributed by atoms with Crippen molar-refractivity contribution in [3.05, 3.63) is 35.5 Å². The average molecular weight is 284 g/mol. The van der Waals surface area contributed by atoms with Crippen LogP contribution in [0.5, 0.6) is 5.75 Å². The molecular weight excluding hydrogens is 269 g/mol. The third-order valence-corrected chi connectivity index (χ3v) is 2.88. The van der Waals surface area contributed by atoms with Gasteiger partial charge < -0.3 is 10.5 Å². The number of nitrogens with zero attached hydrogens (tertiary/aromatic N) is 1. The number of fused-ring (bicyclic) bond motifs is 1. The molecule has 6 heteroatoms. The number of pyridine rings is 1. The number of aryl methyl sites for hydroxylation is 2. The van der Waals surface area contributed by atoms with Crippen molar-refractivity contribution < 1.29 is 17.9 Å². The van der Waals surface area contributed by atoms with E-state index in [0.717, 1.165) is 17.7 Å². The highest BCUT2D eigenvalue weighted by atomic mass is 19.4. The van der Waals surface area contributed by atoms with Gasteiger partial charge in [-0.2, -0.15) is 0 Å². The monoisotopic (exact) mass is 284 g/mol. The lowest BCUT2D eigenvalue weighted by molar-refractivity contribution is -0.274. The Hall–Kier alpha value is -1.82. The Balaban J connectivity index is 2.45. The van der Waals surface area contributed by atoms with Crippen LogP contribution in [-0.2, 0) is 6.42 Å². The zero-order valence-corrected chi connectivity index (χ0v) is 11.0. The number of benzene rings is 1. The molecule has 0 saturated carbocycles. The van der Waals surface area contributed by atoms with Crippen LogP contribution in [-0.4, -0.2) is 17.9 Å². The molecule has 1 aromatic heterocycles. The van der Waals surface area contributed by atoms with Crippen LogP contribution < -0.4 is 10.5 Å². The van der Waals surface area contributed by atoms with Gasteiger partial charge in [0.15, 0.2) is 0 Å². The third-order valence-electron chi connectivity index (χ3n) is 2.88. The highest BCUT2D eigenvalue weighted by Gasteiger charge is 2.31. The van der Waals surface area contributed by atoms with Crippen molar-refractivity contribution in [2.75, 3.05) is 6.54 Å². The van der Waals surface area contributed by atoms with Crippen molar-refractivity contribution in [2.45, 2.75) is 26.1 Å². The van der Waals surface area contributed by atoms with Gasteiger partial charge in [0, 0.05) is 11.1 Å². The second-order valence-corrected chi connectivity index (χ2v) is 4.54. The van der Waals surface area contributed by atoms with E-state index in [1.165, 1.54) is 18.2 Å². The van der Waals surface area contributed by atoms with Gasteiger partial charge in [0.25, 0.3) is 0 Å². The summed E-state index contributed by atoms with van der Waals surface area (Å²) in [6.07, 6.45) is -3.22. The van der Waals surface area contributed by atoms with Gasteiger partial charge in [-0.25, -0.2) is 0 Å². The van der Waals surface area contributed by atoms with E-state index in [9.17, 15) is 13.2 Å². The Morgan fingerprint density at radius 3 is 2.65 bits per heavy atom. The van der Waals surface area contributed by atoms with Gasteiger partial charge in [0.05, 0.1) is 5.52 Å². The Morgan fingerprint density at radius 2 is 2.00 bits per heavy atom. The van der Waals surface area contributed by atoms with Crippen LogP contribution in [0, 0.1) is 6.92 Å². The maximum atomic E-state index is 12.3. The summed E-state index contributed by atoms with van der Waals surface area (Å²) in [5.41, 5.74) is 7.90. The fourth-order valence-corrected chi connectivity index (χ4v) is 2.12. The molecular formula is C14H15F3N2O. The van der Waals surface area contributed by atoms with E-state index in [0.29, 0.717) is 23.9 Å². The minimum atomic E-state index is -4.69. The maximum absolute atomic E-state index is 12.3. The molecule has 0 unspecified atom stereocenters. The summed E-state index contributed by atoms with van der Waals surface area (Å²) in [6.45, 7) is 2.38. The molecule has 0 aliphatic rings. The summed E-state index contributed by atoms with van der Waals surface area (Å²) in [5.74, 6) is -0.232. The molecule has 2 rings (SSSR count). The first-order valence-corrected chi connectivity index (χ1v) is 6.25. The summed E-state index contributed by atoms with van der Waals surface area (Å²) < 4.78 is 40.7. The Labute approximate surface area is 114 Å². The Kier molecular flexibility index (Phi) is 4.13. The van der Waals surface area contributed by atoms with Crippen molar-refractivity contribution in [1.82, 2.24) is 4.98 Å². The number of hydrogen-bond donors (Lipinski definition) is 1. The van der Waals surface area contributed by atoms with Crippen LogP contribution >= 0.6 is 0 Å². The number of hydrogen-bond acceptors (Lipinski definition) is 3. The molecule has 0 spiro atoms. The van der Waals surface area contributed by atoms with Gasteiger partial charge in [0.2, 0.25) is 0 Å². The topological polar surface area (TPSA) is 48.1 Å². The molecule has 0 amide bonds. The summed E-state index contributed by atoms with van der Waals surface area (Å²) in [4.78, 5) is 4.31. The summed E-state index contributed by atoms with van der Waals surface area (Å²) in [7, 11) is 0. The molecule has 20 heavy (non-hydrogen) atoms. The first-order chi connectivity index (χ1) is 9.39. The minimum Gasteiger partial charge on any atom is -0.406 e. The molecule has 0 aliphatic carbocycles. The standard InChI is InChI=1S/C14H15F3N2O/c1-9-7-10(3-2-6-18)12-8-11(20-14(15,16)17)4-5-13(12)19-9/h4-5,7-8H,2-3,6,18H2,1H3. The van der Waals surface area contributed by atoms with Crippen molar-refractivity contribution in [2.24, 2.45) is 5.73 Å². The fraction of sp³-hybridized carbons (Fsp3) is 0.357. The number of nitrogens with two attached hydrogens (primary N) is 1. The van der Waals surface area contributed by atoms with E-state index < -0.39 is 6.36 Å². The van der Waals surface area contributed by atoms with E-state index in [1.54, 1.807) is 0 Å². The molecule has 1 aromatic carbocycles. The molecule has 3 nitrogen and oxygen atoms in total. The highest BCUT2D eigenvalue weighted by Crippen LogP contribution is 2.28. The third kappa shape index (κ3) is 3.60. The first kappa shape index (κ1) is 14.6. The van der Waals surface area contributed by atoms with Crippen molar-refractivity contribution in [3.63, 3.8) is 0 Å². The molecule has 0 fully saturated rings. The average Bonchev–Trinajstić information content (AvgIpc) is 2.34. The van der Waals surface area contributed by atoms with Crippen LogP contribution in [0.25, 0.3) is 10.9 Å². The van der Waals surface area contributed by atoms with Crippen LogP contribution in [0.1, 0.15) is 17.7 Å². The Bertz CT molecular complexity index is 611. The SMILES string of the molecule is Cc1cc(CCCN)c2cc(OC(F)(F)F)ccc2n1. The van der Waals surface area contributed by atoms with Crippen molar-refractivity contribution in [1.29, 1.82) is 0 Å². The summed E-state index contributed by atoms with van der Waals surface area (Å²) >= 11 is 0. The van der Waals surface area contributed by atoms with Crippen LogP contribution in [0.3, 0.4) is 0 Å². The van der Waals surface area contributed by atoms with Gasteiger partial charge >= 0.3 is 6.36 Å². The van der Waals surface area contributed by atoms with Crippen molar-refractivity contribution in [3.8, 4) is 5.75 Å². The van der Waals surface area contributed by atoms with Gasteiger partial charge in [-0.15, -0.1) is 13.2 Å². The summed E-state index contributed by atoms with van der Waals surface area (Å²) in [6, 6.07) is 6.06. The van der Waals surface area contributed by atoms with Gasteiger partial charge in [-0.1, -0.05) is 0 Å². The van der Waals surface area contributed by atoms with Crippen LogP contribution in [0.4, 0.5) is 13.2 Å². The van der Waals surface area contributed by atoms with Crippen LogP contribution in [0.2, 0.25) is 0 Å². The maximum Gasteiger partial charge on any atom is 0.573 e. The van der Waals surface area contributed by atoms with Crippen molar-refractivity contribution >= 4 is 10.9 Å². The first-order valence-electron chi connectivity index (χ1n) is 6.25. The van der Waals surface area contributed by atoms with Gasteiger partial charge in [0.1, 0.15) is 5.75 Å². The van der Waals surface area contributed by atoms with Gasteiger partial charge in [-0.05, 0) is 56.1 Å². The minimum absolute atomic E-state index is 0.232. The number of aromatic nitrogens is 1. The second-order valence-electron chi connectivity index (χ2n) is 4.54. The summed E-state index contributed by atoms with van der Waals surface area (Å²) in [5, 5.41) is 0.672. The molecule has 0 radical (unpaired) electrons. The predicted molar refractivity (Wildman–Crippen MR) is 70.5 cm³/mol. The fourth-order valence-electron chi connectivity index (χ4n) is 2.12. The molecule has 0 saturated heterocycles. The zero-order valence-electron chi connectivity index (χ0n) is 11.0. The highest BCUT2D eigenvalue weighted by molar-refractivity contribution is 5.84. The lowest BCUT2D eigenvalue weighted by atomic mass is 10.0. The molecule has 2 aromatic rings. The molecule has 1 heterocycles. The molecule has 0 aliphatic heterocycles. The normalized spacial score (nSPS) is 11.8. The smallest absolute Gasteiger partial charge is 0.406 e. The zero-order chi connectivity index (χ0) is 14.8. The lowest BCUT2D eigenvalue weighted by Crippen LogP contribution is -2.17.